The zero-order valence-electron chi connectivity index (χ0n) is 10.9. The fourth-order valence-corrected chi connectivity index (χ4v) is 4.18. The molecule has 0 aliphatic heterocycles. The van der Waals surface area contributed by atoms with Crippen molar-refractivity contribution in [2.45, 2.75) is 65.1 Å². The molecule has 0 aromatic heterocycles. The minimum atomic E-state index is -1.94. The topological polar surface area (TPSA) is 18.5 Å². The fraction of sp³-hybridized carbons (Fsp3) is 1.00. The lowest BCUT2D eigenvalue weighted by atomic mass is 9.82. The molecule has 2 atom stereocenters. The normalized spacial score (nSPS) is 23.6. The third-order valence-corrected chi connectivity index (χ3v) is 7.51. The Balaban J connectivity index is 2.48. The summed E-state index contributed by atoms with van der Waals surface area (Å²) in [5.74, 6) is 0.788. The van der Waals surface area contributed by atoms with Crippen molar-refractivity contribution in [3.05, 3.63) is 0 Å². The Morgan fingerprint density at radius 1 is 1.27 bits per heavy atom. The van der Waals surface area contributed by atoms with Gasteiger partial charge in [0.1, 0.15) is 0 Å². The second-order valence-corrected chi connectivity index (χ2v) is 8.83. The third-order valence-electron chi connectivity index (χ3n) is 3.71. The summed E-state index contributed by atoms with van der Waals surface area (Å²) in [6, 6.07) is 0. The maximum Gasteiger partial charge on any atom is 0.337 e. The van der Waals surface area contributed by atoms with E-state index in [1.165, 1.54) is 19.3 Å². The van der Waals surface area contributed by atoms with E-state index in [1.54, 1.807) is 0 Å². The highest BCUT2D eigenvalue weighted by atomic mass is 28.4. The molecule has 1 aliphatic carbocycles. The van der Waals surface area contributed by atoms with Crippen molar-refractivity contribution in [1.29, 1.82) is 0 Å². The lowest BCUT2D eigenvalue weighted by Crippen LogP contribution is -2.46. The number of hydrogen-bond acceptors (Lipinski definition) is 2. The summed E-state index contributed by atoms with van der Waals surface area (Å²) in [7, 11) is -1.94. The first-order valence-electron chi connectivity index (χ1n) is 6.31. The van der Waals surface area contributed by atoms with Gasteiger partial charge >= 0.3 is 8.56 Å². The molecule has 0 aromatic carbocycles. The van der Waals surface area contributed by atoms with Gasteiger partial charge in [0.15, 0.2) is 0 Å². The number of hydrogen-bond donors (Lipinski definition) is 0. The first kappa shape index (κ1) is 13.2. The van der Waals surface area contributed by atoms with Crippen LogP contribution in [-0.2, 0) is 8.85 Å². The van der Waals surface area contributed by atoms with Gasteiger partial charge in [-0.2, -0.15) is 0 Å². The maximum absolute atomic E-state index is 6.26. The first-order chi connectivity index (χ1) is 6.99. The summed E-state index contributed by atoms with van der Waals surface area (Å²) in [6.07, 6.45) is 4.46. The van der Waals surface area contributed by atoms with Crippen LogP contribution >= 0.6 is 0 Å². The van der Waals surface area contributed by atoms with Gasteiger partial charge in [-0.25, -0.2) is 0 Å². The highest BCUT2D eigenvalue weighted by Gasteiger charge is 2.39. The van der Waals surface area contributed by atoms with Crippen LogP contribution in [0.4, 0.5) is 0 Å². The molecule has 0 spiro atoms. The minimum absolute atomic E-state index is 0.393. The average Bonchev–Trinajstić information content (AvgIpc) is 1.99. The molecule has 3 heteroatoms. The molecular formula is C12H26O2Si. The predicted octanol–water partition coefficient (Wildman–Crippen LogP) is 3.71. The van der Waals surface area contributed by atoms with Gasteiger partial charge in [0, 0.05) is 12.7 Å². The van der Waals surface area contributed by atoms with Crippen molar-refractivity contribution in [3.63, 3.8) is 0 Å². The molecule has 0 radical (unpaired) electrons. The summed E-state index contributed by atoms with van der Waals surface area (Å²) in [5, 5.41) is 0. The van der Waals surface area contributed by atoms with E-state index in [0.29, 0.717) is 11.6 Å². The van der Waals surface area contributed by atoms with Crippen LogP contribution in [0.3, 0.4) is 0 Å². The van der Waals surface area contributed by atoms with E-state index in [4.69, 9.17) is 8.85 Å². The molecule has 1 aliphatic rings. The van der Waals surface area contributed by atoms with Gasteiger partial charge in [-0.05, 0) is 44.7 Å². The van der Waals surface area contributed by atoms with E-state index < -0.39 is 8.56 Å². The van der Waals surface area contributed by atoms with Crippen LogP contribution in [-0.4, -0.2) is 21.3 Å². The third kappa shape index (κ3) is 3.30. The van der Waals surface area contributed by atoms with Crippen LogP contribution in [0, 0.1) is 5.92 Å². The van der Waals surface area contributed by atoms with E-state index >= 15 is 0 Å². The molecule has 0 N–H and O–H groups in total. The highest BCUT2D eigenvalue weighted by Crippen LogP contribution is 2.34. The average molecular weight is 230 g/mol. The summed E-state index contributed by atoms with van der Waals surface area (Å²) >= 11 is 0. The molecule has 2 unspecified atom stereocenters. The minimum Gasteiger partial charge on any atom is -0.394 e. The fourth-order valence-electron chi connectivity index (χ4n) is 2.00. The molecule has 0 saturated heterocycles. The van der Waals surface area contributed by atoms with Crippen molar-refractivity contribution < 1.29 is 8.85 Å². The SMILES string of the molecule is CCO[Si](C)(OC(C)C1CCC1)C(C)C. The van der Waals surface area contributed by atoms with E-state index in [9.17, 15) is 0 Å². The zero-order chi connectivity index (χ0) is 11.5. The Bertz CT molecular complexity index is 192. The van der Waals surface area contributed by atoms with Gasteiger partial charge in [-0.1, -0.05) is 20.3 Å². The molecule has 0 bridgehead atoms. The molecule has 0 aromatic rings. The Morgan fingerprint density at radius 2 is 1.87 bits per heavy atom. The Kier molecular flexibility index (Phi) is 4.81. The Hall–Kier alpha value is 0.137. The summed E-state index contributed by atoms with van der Waals surface area (Å²) in [6.45, 7) is 11.7. The Labute approximate surface area is 95.6 Å². The second kappa shape index (κ2) is 5.46. The van der Waals surface area contributed by atoms with Crippen LogP contribution in [0.15, 0.2) is 0 Å². The van der Waals surface area contributed by atoms with Crippen LogP contribution in [0.2, 0.25) is 12.1 Å². The zero-order valence-corrected chi connectivity index (χ0v) is 11.9. The molecule has 2 nitrogen and oxygen atoms in total. The van der Waals surface area contributed by atoms with Gasteiger partial charge < -0.3 is 8.85 Å². The molecule has 1 rings (SSSR count). The monoisotopic (exact) mass is 230 g/mol. The number of rotatable bonds is 6. The molecule has 0 amide bonds. The molecule has 0 heterocycles. The molecule has 1 fully saturated rings. The van der Waals surface area contributed by atoms with E-state index in [-0.39, 0.29) is 0 Å². The van der Waals surface area contributed by atoms with Crippen LogP contribution in [0.5, 0.6) is 0 Å². The van der Waals surface area contributed by atoms with Crippen LogP contribution in [0.1, 0.15) is 47.0 Å². The van der Waals surface area contributed by atoms with Crippen molar-refractivity contribution in [1.82, 2.24) is 0 Å². The van der Waals surface area contributed by atoms with Crippen molar-refractivity contribution >= 4 is 8.56 Å². The van der Waals surface area contributed by atoms with Gasteiger partial charge in [-0.15, -0.1) is 0 Å². The van der Waals surface area contributed by atoms with Crippen LogP contribution in [0.25, 0.3) is 0 Å². The van der Waals surface area contributed by atoms with Gasteiger partial charge in [0.2, 0.25) is 0 Å². The Morgan fingerprint density at radius 3 is 2.20 bits per heavy atom. The summed E-state index contributed by atoms with van der Waals surface area (Å²) in [5.41, 5.74) is 0.528. The molecule has 1 saturated carbocycles. The second-order valence-electron chi connectivity index (χ2n) is 5.12. The van der Waals surface area contributed by atoms with Crippen molar-refractivity contribution in [2.75, 3.05) is 6.61 Å². The lowest BCUT2D eigenvalue weighted by Gasteiger charge is -2.39. The van der Waals surface area contributed by atoms with Gasteiger partial charge in [0.05, 0.1) is 0 Å². The lowest BCUT2D eigenvalue weighted by molar-refractivity contribution is 0.0532. The predicted molar refractivity (Wildman–Crippen MR) is 66.2 cm³/mol. The standard InChI is InChI=1S/C12H26O2Si/c1-6-13-15(5,10(2)3)14-11(4)12-8-7-9-12/h10-12H,6-9H2,1-5H3. The maximum atomic E-state index is 6.26. The largest absolute Gasteiger partial charge is 0.394 e. The van der Waals surface area contributed by atoms with E-state index in [0.717, 1.165) is 12.5 Å². The summed E-state index contributed by atoms with van der Waals surface area (Å²) in [4.78, 5) is 0. The van der Waals surface area contributed by atoms with Crippen molar-refractivity contribution in [3.8, 4) is 0 Å². The van der Waals surface area contributed by atoms with E-state index in [1.807, 2.05) is 0 Å². The summed E-state index contributed by atoms with van der Waals surface area (Å²) < 4.78 is 12.2. The van der Waals surface area contributed by atoms with Gasteiger partial charge in [-0.3, -0.25) is 0 Å². The smallest absolute Gasteiger partial charge is 0.337 e. The first-order valence-corrected chi connectivity index (χ1v) is 8.70. The van der Waals surface area contributed by atoms with Crippen molar-refractivity contribution in [2.24, 2.45) is 5.92 Å². The quantitative estimate of drug-likeness (QED) is 0.648. The van der Waals surface area contributed by atoms with Crippen LogP contribution < -0.4 is 0 Å². The van der Waals surface area contributed by atoms with E-state index in [2.05, 4.69) is 34.2 Å². The molecule has 90 valence electrons. The highest BCUT2D eigenvalue weighted by molar-refractivity contribution is 6.67. The van der Waals surface area contributed by atoms with Gasteiger partial charge in [0.25, 0.3) is 0 Å². The molecule has 15 heavy (non-hydrogen) atoms. The molecular weight excluding hydrogens is 204 g/mol.